The van der Waals surface area contributed by atoms with Crippen molar-refractivity contribution < 1.29 is 4.79 Å². The van der Waals surface area contributed by atoms with E-state index in [-0.39, 0.29) is 11.9 Å². The van der Waals surface area contributed by atoms with Crippen molar-refractivity contribution in [1.82, 2.24) is 19.6 Å². The Hall–Kier alpha value is -2.92. The van der Waals surface area contributed by atoms with Gasteiger partial charge in [-0.1, -0.05) is 42.0 Å². The van der Waals surface area contributed by atoms with Gasteiger partial charge in [0.1, 0.15) is 5.69 Å². The second-order valence-electron chi connectivity index (χ2n) is 8.44. The third-order valence-electron chi connectivity index (χ3n) is 6.16. The Morgan fingerprint density at radius 3 is 2.43 bits per heavy atom. The van der Waals surface area contributed by atoms with Crippen molar-refractivity contribution in [3.8, 4) is 16.9 Å². The highest BCUT2D eigenvalue weighted by atomic mass is 16.2. The minimum atomic E-state index is 0.0432. The molecule has 1 aliphatic rings. The first-order valence-electron chi connectivity index (χ1n) is 10.6. The molecule has 1 aliphatic heterocycles. The van der Waals surface area contributed by atoms with Gasteiger partial charge in [-0.05, 0) is 64.5 Å². The molecule has 1 saturated heterocycles. The number of aromatic nitrogens is 2. The summed E-state index contributed by atoms with van der Waals surface area (Å²) in [5, 5.41) is 4.86. The molecule has 4 rings (SSSR count). The number of likely N-dealkylation sites (tertiary alicyclic amines) is 1. The van der Waals surface area contributed by atoms with Crippen LogP contribution in [0.1, 0.15) is 34.3 Å². The van der Waals surface area contributed by atoms with Gasteiger partial charge in [-0.2, -0.15) is 5.10 Å². The predicted octanol–water partition coefficient (Wildman–Crippen LogP) is 4.32. The van der Waals surface area contributed by atoms with Crippen LogP contribution in [0.4, 0.5) is 0 Å². The predicted molar refractivity (Wildman–Crippen MR) is 121 cm³/mol. The van der Waals surface area contributed by atoms with Crippen molar-refractivity contribution >= 4 is 5.91 Å². The molecular weight excluding hydrogens is 372 g/mol. The normalized spacial score (nSPS) is 15.3. The maximum atomic E-state index is 13.6. The largest absolute Gasteiger partial charge is 0.339 e. The maximum Gasteiger partial charge on any atom is 0.257 e. The van der Waals surface area contributed by atoms with E-state index < -0.39 is 0 Å². The van der Waals surface area contributed by atoms with Crippen LogP contribution >= 0.6 is 0 Å². The Morgan fingerprint density at radius 1 is 1.07 bits per heavy atom. The van der Waals surface area contributed by atoms with Crippen LogP contribution in [0, 0.1) is 13.8 Å². The minimum Gasteiger partial charge on any atom is -0.339 e. The monoisotopic (exact) mass is 402 g/mol. The van der Waals surface area contributed by atoms with E-state index in [4.69, 9.17) is 5.10 Å². The van der Waals surface area contributed by atoms with E-state index in [0.29, 0.717) is 5.56 Å². The Labute approximate surface area is 178 Å². The van der Waals surface area contributed by atoms with Crippen molar-refractivity contribution in [3.63, 3.8) is 0 Å². The van der Waals surface area contributed by atoms with Gasteiger partial charge in [0.15, 0.2) is 0 Å². The van der Waals surface area contributed by atoms with Gasteiger partial charge in [-0.15, -0.1) is 0 Å². The summed E-state index contributed by atoms with van der Waals surface area (Å²) < 4.78 is 1.82. The van der Waals surface area contributed by atoms with Crippen LogP contribution in [-0.4, -0.2) is 58.7 Å². The summed E-state index contributed by atoms with van der Waals surface area (Å²) >= 11 is 0. The Kier molecular flexibility index (Phi) is 5.73. The smallest absolute Gasteiger partial charge is 0.257 e. The van der Waals surface area contributed by atoms with Crippen LogP contribution in [0.5, 0.6) is 0 Å². The van der Waals surface area contributed by atoms with Crippen LogP contribution in [-0.2, 0) is 0 Å². The Balaban J connectivity index is 1.75. The summed E-state index contributed by atoms with van der Waals surface area (Å²) in [6.45, 7) is 6.21. The van der Waals surface area contributed by atoms with Gasteiger partial charge in [0.2, 0.25) is 0 Å². The van der Waals surface area contributed by atoms with Crippen LogP contribution < -0.4 is 0 Å². The van der Waals surface area contributed by atoms with Crippen molar-refractivity contribution in [2.45, 2.75) is 32.7 Å². The lowest BCUT2D eigenvalue weighted by atomic mass is 9.99. The van der Waals surface area contributed by atoms with E-state index in [0.717, 1.165) is 48.4 Å². The molecule has 0 N–H and O–H groups in total. The summed E-state index contributed by atoms with van der Waals surface area (Å²) in [5.74, 6) is 0.0432. The number of piperidine rings is 1. The number of amides is 1. The number of carbonyl (C=O) groups excluding carboxylic acids is 1. The minimum absolute atomic E-state index is 0.0432. The van der Waals surface area contributed by atoms with Crippen LogP contribution in [0.3, 0.4) is 0 Å². The lowest BCUT2D eigenvalue weighted by molar-refractivity contribution is 0.0660. The number of para-hydroxylation sites is 1. The molecule has 1 aromatic heterocycles. The molecule has 1 amide bonds. The highest BCUT2D eigenvalue weighted by Crippen LogP contribution is 2.29. The summed E-state index contributed by atoms with van der Waals surface area (Å²) in [6, 6.07) is 16.5. The van der Waals surface area contributed by atoms with E-state index in [1.54, 1.807) is 0 Å². The quantitative estimate of drug-likeness (QED) is 0.653. The summed E-state index contributed by atoms with van der Waals surface area (Å²) in [7, 11) is 4.07. The Bertz CT molecular complexity index is 1030. The standard InChI is InChI=1S/C25H30N4O/c1-18-10-11-22(19(2)16-18)24-23(17-29(26-24)21-8-6-5-7-9-21)25(30)28(4)20-12-14-27(3)15-13-20/h5-11,16-17,20H,12-15H2,1-4H3. The summed E-state index contributed by atoms with van der Waals surface area (Å²) in [4.78, 5) is 17.8. The van der Waals surface area contributed by atoms with Gasteiger partial charge in [0, 0.05) is 24.8 Å². The number of aryl methyl sites for hydroxylation is 2. The SMILES string of the molecule is Cc1ccc(-c2nn(-c3ccccc3)cc2C(=O)N(C)C2CCN(C)CC2)c(C)c1. The first-order chi connectivity index (χ1) is 14.4. The molecule has 5 heteroatoms. The average molecular weight is 403 g/mol. The molecule has 0 saturated carbocycles. The molecule has 2 heterocycles. The molecule has 5 nitrogen and oxygen atoms in total. The highest BCUT2D eigenvalue weighted by molar-refractivity contribution is 6.00. The molecule has 0 unspecified atom stereocenters. The zero-order valence-corrected chi connectivity index (χ0v) is 18.3. The third-order valence-corrected chi connectivity index (χ3v) is 6.16. The van der Waals surface area contributed by atoms with Gasteiger partial charge in [0.05, 0.1) is 11.3 Å². The number of benzene rings is 2. The maximum absolute atomic E-state index is 13.6. The average Bonchev–Trinajstić information content (AvgIpc) is 3.19. The zero-order valence-electron chi connectivity index (χ0n) is 18.3. The van der Waals surface area contributed by atoms with Crippen molar-refractivity contribution in [2.75, 3.05) is 27.2 Å². The van der Waals surface area contributed by atoms with Crippen molar-refractivity contribution in [1.29, 1.82) is 0 Å². The molecule has 30 heavy (non-hydrogen) atoms. The third kappa shape index (κ3) is 4.03. The van der Waals surface area contributed by atoms with E-state index >= 15 is 0 Å². The molecule has 0 bridgehead atoms. The topological polar surface area (TPSA) is 41.4 Å². The number of hydrogen-bond donors (Lipinski definition) is 0. The molecule has 156 valence electrons. The molecule has 3 aromatic rings. The van der Waals surface area contributed by atoms with E-state index in [1.807, 2.05) is 53.2 Å². The lowest BCUT2D eigenvalue weighted by Crippen LogP contribution is -2.44. The second-order valence-corrected chi connectivity index (χ2v) is 8.44. The molecule has 0 radical (unpaired) electrons. The first-order valence-corrected chi connectivity index (χ1v) is 10.6. The van der Waals surface area contributed by atoms with E-state index in [9.17, 15) is 4.79 Å². The number of rotatable bonds is 4. The van der Waals surface area contributed by atoms with Crippen LogP contribution in [0.25, 0.3) is 16.9 Å². The molecule has 2 aromatic carbocycles. The fourth-order valence-electron chi connectivity index (χ4n) is 4.26. The van der Waals surface area contributed by atoms with Gasteiger partial charge in [-0.25, -0.2) is 4.68 Å². The molecule has 0 aliphatic carbocycles. The van der Waals surface area contributed by atoms with Gasteiger partial charge >= 0.3 is 0 Å². The fourth-order valence-corrected chi connectivity index (χ4v) is 4.26. The number of hydrogen-bond acceptors (Lipinski definition) is 3. The van der Waals surface area contributed by atoms with Gasteiger partial charge in [0.25, 0.3) is 5.91 Å². The van der Waals surface area contributed by atoms with Crippen LogP contribution in [0.2, 0.25) is 0 Å². The number of carbonyl (C=O) groups is 1. The molecule has 0 spiro atoms. The zero-order chi connectivity index (χ0) is 21.3. The molecular formula is C25H30N4O. The first kappa shape index (κ1) is 20.4. The summed E-state index contributed by atoms with van der Waals surface area (Å²) in [6.07, 6.45) is 3.90. The number of nitrogens with zero attached hydrogens (tertiary/aromatic N) is 4. The second kappa shape index (κ2) is 8.44. The van der Waals surface area contributed by atoms with Gasteiger partial charge in [-0.3, -0.25) is 4.79 Å². The van der Waals surface area contributed by atoms with Crippen LogP contribution in [0.15, 0.2) is 54.7 Å². The van der Waals surface area contributed by atoms with E-state index in [2.05, 4.69) is 44.0 Å². The molecule has 1 fully saturated rings. The van der Waals surface area contributed by atoms with Crippen molar-refractivity contribution in [2.24, 2.45) is 0 Å². The van der Waals surface area contributed by atoms with Crippen molar-refractivity contribution in [3.05, 3.63) is 71.4 Å². The summed E-state index contributed by atoms with van der Waals surface area (Å²) in [5.41, 5.74) is 5.70. The van der Waals surface area contributed by atoms with Gasteiger partial charge < -0.3 is 9.80 Å². The fraction of sp³-hybridized carbons (Fsp3) is 0.360. The van der Waals surface area contributed by atoms with E-state index in [1.165, 1.54) is 5.56 Å². The molecule has 0 atom stereocenters. The lowest BCUT2D eigenvalue weighted by Gasteiger charge is -2.35. The Morgan fingerprint density at radius 2 is 1.77 bits per heavy atom. The highest BCUT2D eigenvalue weighted by Gasteiger charge is 2.28.